The van der Waals surface area contributed by atoms with Crippen LogP contribution in [-0.2, 0) is 4.79 Å². The average molecular weight is 262 g/mol. The summed E-state index contributed by atoms with van der Waals surface area (Å²) >= 11 is 0. The lowest BCUT2D eigenvalue weighted by Crippen LogP contribution is -2.38. The Bertz CT molecular complexity index is 446. The fourth-order valence-corrected chi connectivity index (χ4v) is 2.76. The summed E-state index contributed by atoms with van der Waals surface area (Å²) in [6.45, 7) is 7.58. The van der Waals surface area contributed by atoms with E-state index in [-0.39, 0.29) is 11.3 Å². The van der Waals surface area contributed by atoms with Gasteiger partial charge in [0.05, 0.1) is 5.41 Å². The van der Waals surface area contributed by atoms with Crippen molar-refractivity contribution in [1.82, 2.24) is 15.3 Å². The van der Waals surface area contributed by atoms with Crippen LogP contribution in [0.15, 0.2) is 6.07 Å². The Labute approximate surface area is 114 Å². The summed E-state index contributed by atoms with van der Waals surface area (Å²) in [5.41, 5.74) is 1.45. The lowest BCUT2D eigenvalue weighted by Gasteiger charge is -2.25. The number of carbonyl (C=O) groups excluding carboxylic acids is 1. The minimum absolute atomic E-state index is 0.0457. The van der Waals surface area contributed by atoms with E-state index in [1.807, 2.05) is 19.9 Å². The highest BCUT2D eigenvalue weighted by atomic mass is 16.2. The first-order valence-electron chi connectivity index (χ1n) is 6.90. The highest BCUT2D eigenvalue weighted by molar-refractivity contribution is 5.94. The van der Waals surface area contributed by atoms with Crippen molar-refractivity contribution in [2.75, 3.05) is 18.4 Å². The number of hydrogen-bond acceptors (Lipinski definition) is 4. The molecule has 0 aliphatic carbocycles. The van der Waals surface area contributed by atoms with Crippen molar-refractivity contribution < 1.29 is 4.79 Å². The molecule has 104 valence electrons. The second-order valence-corrected chi connectivity index (χ2v) is 5.39. The van der Waals surface area contributed by atoms with Crippen molar-refractivity contribution in [3.63, 3.8) is 0 Å². The van der Waals surface area contributed by atoms with Gasteiger partial charge in [0.1, 0.15) is 0 Å². The number of anilines is 1. The van der Waals surface area contributed by atoms with Gasteiger partial charge in [0, 0.05) is 17.9 Å². The number of hydrogen-bond donors (Lipinski definition) is 2. The van der Waals surface area contributed by atoms with Gasteiger partial charge in [0.25, 0.3) is 0 Å². The molecule has 0 aromatic carbocycles. The summed E-state index contributed by atoms with van der Waals surface area (Å²) in [6.07, 6.45) is 2.79. The first-order chi connectivity index (χ1) is 9.05. The second-order valence-electron chi connectivity index (χ2n) is 5.39. The zero-order valence-corrected chi connectivity index (χ0v) is 11.9. The summed E-state index contributed by atoms with van der Waals surface area (Å²) in [4.78, 5) is 21.1. The molecule has 1 aliphatic heterocycles. The molecule has 0 spiro atoms. The van der Waals surface area contributed by atoms with Crippen molar-refractivity contribution in [3.05, 3.63) is 17.5 Å². The van der Waals surface area contributed by atoms with Gasteiger partial charge in [-0.2, -0.15) is 0 Å². The van der Waals surface area contributed by atoms with Crippen molar-refractivity contribution in [3.8, 4) is 0 Å². The van der Waals surface area contributed by atoms with Gasteiger partial charge in [-0.25, -0.2) is 9.97 Å². The molecule has 1 unspecified atom stereocenters. The van der Waals surface area contributed by atoms with E-state index < -0.39 is 0 Å². The predicted octanol–water partition coefficient (Wildman–Crippen LogP) is 1.81. The number of amides is 1. The summed E-state index contributed by atoms with van der Waals surface area (Å²) in [6, 6.07) is 1.90. The zero-order valence-electron chi connectivity index (χ0n) is 11.9. The summed E-state index contributed by atoms with van der Waals surface area (Å²) in [5, 5.41) is 6.18. The lowest BCUT2D eigenvalue weighted by molar-refractivity contribution is -0.125. The monoisotopic (exact) mass is 262 g/mol. The topological polar surface area (TPSA) is 66.9 Å². The Morgan fingerprint density at radius 3 is 2.63 bits per heavy atom. The maximum atomic E-state index is 12.5. The molecule has 2 rings (SSSR count). The van der Waals surface area contributed by atoms with E-state index in [0.717, 1.165) is 43.7 Å². The van der Waals surface area contributed by atoms with Crippen molar-refractivity contribution in [2.24, 2.45) is 5.41 Å². The van der Waals surface area contributed by atoms with Gasteiger partial charge in [0.15, 0.2) is 0 Å². The molecule has 1 aromatic heterocycles. The van der Waals surface area contributed by atoms with Gasteiger partial charge in [-0.1, -0.05) is 13.3 Å². The summed E-state index contributed by atoms with van der Waals surface area (Å²) < 4.78 is 0. The molecule has 1 saturated heterocycles. The number of carbonyl (C=O) groups is 1. The minimum atomic E-state index is -0.296. The van der Waals surface area contributed by atoms with Crippen molar-refractivity contribution in [2.45, 2.75) is 40.0 Å². The molecule has 5 nitrogen and oxygen atoms in total. The molecule has 1 fully saturated rings. The maximum Gasteiger partial charge on any atom is 0.234 e. The highest BCUT2D eigenvalue weighted by Gasteiger charge is 2.40. The van der Waals surface area contributed by atoms with Crippen LogP contribution >= 0.6 is 0 Å². The van der Waals surface area contributed by atoms with E-state index in [1.165, 1.54) is 0 Å². The highest BCUT2D eigenvalue weighted by Crippen LogP contribution is 2.32. The Balaban J connectivity index is 2.14. The van der Waals surface area contributed by atoms with Gasteiger partial charge in [-0.05, 0) is 39.3 Å². The van der Waals surface area contributed by atoms with Crippen LogP contribution in [0.1, 0.15) is 37.6 Å². The van der Waals surface area contributed by atoms with Crippen LogP contribution in [0.25, 0.3) is 0 Å². The molecule has 2 N–H and O–H groups in total. The second kappa shape index (κ2) is 5.65. The molecule has 0 saturated carbocycles. The number of nitrogens with one attached hydrogen (secondary N) is 2. The van der Waals surface area contributed by atoms with Crippen LogP contribution in [0.3, 0.4) is 0 Å². The van der Waals surface area contributed by atoms with E-state index in [1.54, 1.807) is 0 Å². The third-order valence-electron chi connectivity index (χ3n) is 3.66. The normalized spacial score (nSPS) is 22.5. The van der Waals surface area contributed by atoms with E-state index in [9.17, 15) is 4.79 Å². The molecule has 1 aliphatic rings. The Morgan fingerprint density at radius 2 is 2.11 bits per heavy atom. The fraction of sp³-hybridized carbons (Fsp3) is 0.643. The minimum Gasteiger partial charge on any atom is -0.316 e. The van der Waals surface area contributed by atoms with E-state index in [2.05, 4.69) is 27.5 Å². The van der Waals surface area contributed by atoms with E-state index in [0.29, 0.717) is 5.95 Å². The number of aryl methyl sites for hydroxylation is 2. The number of rotatable bonds is 4. The Kier molecular flexibility index (Phi) is 4.14. The summed E-state index contributed by atoms with van der Waals surface area (Å²) in [5.74, 6) is 0.467. The summed E-state index contributed by atoms with van der Waals surface area (Å²) in [7, 11) is 0. The molecule has 0 bridgehead atoms. The zero-order chi connectivity index (χ0) is 13.9. The molecule has 1 amide bonds. The first kappa shape index (κ1) is 13.9. The standard InChI is InChI=1S/C14H22N4O/c1-4-5-14(6-7-15-9-14)12(19)18-13-16-10(2)8-11(3)17-13/h8,15H,4-7,9H2,1-3H3,(H,16,17,18,19). The van der Waals surface area contributed by atoms with Crippen LogP contribution in [-0.4, -0.2) is 29.0 Å². The van der Waals surface area contributed by atoms with Crippen LogP contribution in [0.5, 0.6) is 0 Å². The molecular weight excluding hydrogens is 240 g/mol. The van der Waals surface area contributed by atoms with Gasteiger partial charge in [0.2, 0.25) is 11.9 Å². The van der Waals surface area contributed by atoms with Crippen molar-refractivity contribution >= 4 is 11.9 Å². The maximum absolute atomic E-state index is 12.5. The Hall–Kier alpha value is -1.49. The number of aromatic nitrogens is 2. The van der Waals surface area contributed by atoms with Gasteiger partial charge < -0.3 is 5.32 Å². The molecular formula is C14H22N4O. The van der Waals surface area contributed by atoms with Crippen LogP contribution < -0.4 is 10.6 Å². The fourth-order valence-electron chi connectivity index (χ4n) is 2.76. The third-order valence-corrected chi connectivity index (χ3v) is 3.66. The molecule has 2 heterocycles. The van der Waals surface area contributed by atoms with E-state index >= 15 is 0 Å². The molecule has 1 aromatic rings. The van der Waals surface area contributed by atoms with Crippen LogP contribution in [0.4, 0.5) is 5.95 Å². The predicted molar refractivity (Wildman–Crippen MR) is 75.0 cm³/mol. The molecule has 19 heavy (non-hydrogen) atoms. The van der Waals surface area contributed by atoms with Crippen molar-refractivity contribution in [1.29, 1.82) is 0 Å². The number of nitrogens with zero attached hydrogens (tertiary/aromatic N) is 2. The average Bonchev–Trinajstić information content (AvgIpc) is 2.78. The van der Waals surface area contributed by atoms with Crippen LogP contribution in [0, 0.1) is 19.3 Å². The SMILES string of the molecule is CCCC1(C(=O)Nc2nc(C)cc(C)n2)CCNC1. The Morgan fingerprint density at radius 1 is 1.42 bits per heavy atom. The molecule has 0 radical (unpaired) electrons. The first-order valence-corrected chi connectivity index (χ1v) is 6.90. The molecule has 1 atom stereocenters. The van der Waals surface area contributed by atoms with Gasteiger partial charge >= 0.3 is 0 Å². The van der Waals surface area contributed by atoms with Gasteiger partial charge in [-0.3, -0.25) is 10.1 Å². The quantitative estimate of drug-likeness (QED) is 0.868. The molecule has 5 heteroatoms. The van der Waals surface area contributed by atoms with Gasteiger partial charge in [-0.15, -0.1) is 0 Å². The lowest BCUT2D eigenvalue weighted by atomic mass is 9.81. The van der Waals surface area contributed by atoms with E-state index in [4.69, 9.17) is 0 Å². The smallest absolute Gasteiger partial charge is 0.234 e. The third kappa shape index (κ3) is 3.10. The largest absolute Gasteiger partial charge is 0.316 e. The van der Waals surface area contributed by atoms with Crippen LogP contribution in [0.2, 0.25) is 0 Å².